The fourth-order valence-electron chi connectivity index (χ4n) is 3.45. The number of amides is 1. The van der Waals surface area contributed by atoms with Crippen molar-refractivity contribution in [2.24, 2.45) is 5.73 Å². The van der Waals surface area contributed by atoms with Crippen LogP contribution in [0.25, 0.3) is 0 Å². The van der Waals surface area contributed by atoms with E-state index in [0.29, 0.717) is 12.3 Å². The van der Waals surface area contributed by atoms with Crippen LogP contribution in [0.2, 0.25) is 0 Å². The van der Waals surface area contributed by atoms with Gasteiger partial charge in [0.1, 0.15) is 0 Å². The summed E-state index contributed by atoms with van der Waals surface area (Å²) in [7, 11) is 1.64. The molecule has 2 aromatic rings. The lowest BCUT2D eigenvalue weighted by Gasteiger charge is -2.19. The first kappa shape index (κ1) is 22.1. The predicted molar refractivity (Wildman–Crippen MR) is 113 cm³/mol. The summed E-state index contributed by atoms with van der Waals surface area (Å²) in [5.74, 6) is 1.36. The molecule has 0 spiro atoms. The van der Waals surface area contributed by atoms with Crippen molar-refractivity contribution < 1.29 is 14.3 Å². The van der Waals surface area contributed by atoms with E-state index in [2.05, 4.69) is 5.32 Å². The highest BCUT2D eigenvalue weighted by Crippen LogP contribution is 2.34. The summed E-state index contributed by atoms with van der Waals surface area (Å²) in [5, 5.41) is 2.96. The number of benzene rings is 2. The van der Waals surface area contributed by atoms with Crippen molar-refractivity contribution in [2.75, 3.05) is 7.11 Å². The molecule has 2 aromatic carbocycles. The van der Waals surface area contributed by atoms with Crippen LogP contribution in [-0.2, 0) is 11.3 Å². The van der Waals surface area contributed by atoms with E-state index in [4.69, 9.17) is 15.2 Å². The molecule has 1 fully saturated rings. The Labute approximate surface area is 173 Å². The highest BCUT2D eigenvalue weighted by atomic mass is 35.5. The molecule has 1 amide bonds. The molecular weight excluding hydrogens is 376 g/mol. The molecule has 0 saturated heterocycles. The number of methoxy groups -OCH3 is 1. The molecule has 0 heterocycles. The van der Waals surface area contributed by atoms with Crippen LogP contribution in [0.5, 0.6) is 11.5 Å². The second-order valence-corrected chi connectivity index (χ2v) is 6.97. The molecule has 6 heteroatoms. The van der Waals surface area contributed by atoms with Gasteiger partial charge in [0.05, 0.1) is 13.2 Å². The SMILES string of the molecule is COc1cccc(CNC(=O)CC(N)c2ccccc2)c1OC1CCCC1.Cl. The van der Waals surface area contributed by atoms with Gasteiger partial charge in [-0.15, -0.1) is 12.4 Å². The van der Waals surface area contributed by atoms with Crippen molar-refractivity contribution in [3.63, 3.8) is 0 Å². The van der Waals surface area contributed by atoms with Crippen LogP contribution >= 0.6 is 12.4 Å². The first-order valence-electron chi connectivity index (χ1n) is 9.57. The van der Waals surface area contributed by atoms with E-state index in [-0.39, 0.29) is 36.9 Å². The molecule has 152 valence electrons. The second-order valence-electron chi connectivity index (χ2n) is 6.97. The third-order valence-corrected chi connectivity index (χ3v) is 4.98. The van der Waals surface area contributed by atoms with Gasteiger partial charge in [-0.2, -0.15) is 0 Å². The quantitative estimate of drug-likeness (QED) is 0.693. The van der Waals surface area contributed by atoms with E-state index in [9.17, 15) is 4.79 Å². The Morgan fingerprint density at radius 3 is 2.54 bits per heavy atom. The first-order valence-corrected chi connectivity index (χ1v) is 9.57. The second kappa shape index (κ2) is 10.9. The fourth-order valence-corrected chi connectivity index (χ4v) is 3.45. The lowest BCUT2D eigenvalue weighted by atomic mass is 10.0. The number of nitrogens with one attached hydrogen (secondary N) is 1. The Morgan fingerprint density at radius 2 is 1.86 bits per heavy atom. The van der Waals surface area contributed by atoms with Crippen molar-refractivity contribution >= 4 is 18.3 Å². The van der Waals surface area contributed by atoms with Gasteiger partial charge >= 0.3 is 0 Å². The number of para-hydroxylation sites is 1. The zero-order valence-electron chi connectivity index (χ0n) is 16.2. The van der Waals surface area contributed by atoms with Gasteiger partial charge in [-0.1, -0.05) is 42.5 Å². The third-order valence-electron chi connectivity index (χ3n) is 4.98. The number of ether oxygens (including phenoxy) is 2. The average Bonchev–Trinajstić information content (AvgIpc) is 3.21. The van der Waals surface area contributed by atoms with E-state index >= 15 is 0 Å². The molecule has 1 unspecified atom stereocenters. The standard InChI is InChI=1S/C22H28N2O3.ClH/c1-26-20-13-7-10-17(22(20)27-18-11-5-6-12-18)15-24-21(25)14-19(23)16-8-3-2-4-9-16;/h2-4,7-10,13,18-19H,5-6,11-12,14-15,23H2,1H3,(H,24,25);1H. The van der Waals surface area contributed by atoms with E-state index in [1.165, 1.54) is 12.8 Å². The minimum atomic E-state index is -0.314. The highest BCUT2D eigenvalue weighted by molar-refractivity contribution is 5.85. The molecule has 1 aliphatic carbocycles. The molecular formula is C22H29ClN2O3. The topological polar surface area (TPSA) is 73.6 Å². The van der Waals surface area contributed by atoms with Crippen LogP contribution < -0.4 is 20.5 Å². The van der Waals surface area contributed by atoms with Crippen LogP contribution in [-0.4, -0.2) is 19.1 Å². The molecule has 1 aliphatic rings. The van der Waals surface area contributed by atoms with Gasteiger partial charge in [-0.05, 0) is 37.3 Å². The van der Waals surface area contributed by atoms with Crippen LogP contribution in [0, 0.1) is 0 Å². The number of rotatable bonds is 8. The predicted octanol–water partition coefficient (Wildman–Crippen LogP) is 4.14. The number of hydrogen-bond donors (Lipinski definition) is 2. The number of carbonyl (C=O) groups is 1. The van der Waals surface area contributed by atoms with E-state index in [0.717, 1.165) is 29.7 Å². The van der Waals surface area contributed by atoms with Crippen LogP contribution in [0.4, 0.5) is 0 Å². The van der Waals surface area contributed by atoms with Gasteiger partial charge in [0.2, 0.25) is 5.91 Å². The Balaban J connectivity index is 0.00000280. The van der Waals surface area contributed by atoms with E-state index in [1.807, 2.05) is 48.5 Å². The third kappa shape index (κ3) is 5.88. The van der Waals surface area contributed by atoms with Crippen LogP contribution in [0.3, 0.4) is 0 Å². The van der Waals surface area contributed by atoms with Crippen LogP contribution in [0.1, 0.15) is 49.3 Å². The van der Waals surface area contributed by atoms with Gasteiger partial charge in [0.15, 0.2) is 11.5 Å². The Hall–Kier alpha value is -2.24. The van der Waals surface area contributed by atoms with Gasteiger partial charge in [0.25, 0.3) is 0 Å². The number of halogens is 1. The summed E-state index contributed by atoms with van der Waals surface area (Å²) in [6.45, 7) is 0.388. The molecule has 0 aromatic heterocycles. The van der Waals surface area contributed by atoms with Gasteiger partial charge in [0, 0.05) is 24.6 Å². The zero-order chi connectivity index (χ0) is 19.1. The summed E-state index contributed by atoms with van der Waals surface area (Å²) in [6.07, 6.45) is 4.99. The Kier molecular flexibility index (Phi) is 8.61. The summed E-state index contributed by atoms with van der Waals surface area (Å²) in [5.41, 5.74) is 8.02. The number of nitrogens with two attached hydrogens (primary N) is 1. The Bertz CT molecular complexity index is 749. The summed E-state index contributed by atoms with van der Waals surface area (Å²) in [4.78, 5) is 12.3. The van der Waals surface area contributed by atoms with E-state index in [1.54, 1.807) is 7.11 Å². The van der Waals surface area contributed by atoms with E-state index < -0.39 is 0 Å². The maximum Gasteiger partial charge on any atom is 0.222 e. The summed E-state index contributed by atoms with van der Waals surface area (Å²) < 4.78 is 11.7. The summed E-state index contributed by atoms with van der Waals surface area (Å²) in [6, 6.07) is 15.1. The molecule has 0 aliphatic heterocycles. The first-order chi connectivity index (χ1) is 13.2. The largest absolute Gasteiger partial charge is 0.493 e. The van der Waals surface area contributed by atoms with Gasteiger partial charge in [-0.25, -0.2) is 0 Å². The van der Waals surface area contributed by atoms with Gasteiger partial charge in [-0.3, -0.25) is 4.79 Å². The maximum atomic E-state index is 12.3. The highest BCUT2D eigenvalue weighted by Gasteiger charge is 2.21. The molecule has 1 saturated carbocycles. The molecule has 28 heavy (non-hydrogen) atoms. The average molecular weight is 405 g/mol. The minimum absolute atomic E-state index is 0. The molecule has 0 radical (unpaired) electrons. The molecule has 0 bridgehead atoms. The molecule has 3 rings (SSSR count). The van der Waals surface area contributed by atoms with Gasteiger partial charge < -0.3 is 20.5 Å². The lowest BCUT2D eigenvalue weighted by molar-refractivity contribution is -0.121. The zero-order valence-corrected chi connectivity index (χ0v) is 17.0. The normalized spacial score (nSPS) is 14.8. The summed E-state index contributed by atoms with van der Waals surface area (Å²) >= 11 is 0. The molecule has 5 nitrogen and oxygen atoms in total. The van der Waals surface area contributed by atoms with Crippen molar-refractivity contribution in [3.05, 3.63) is 59.7 Å². The maximum absolute atomic E-state index is 12.3. The van der Waals surface area contributed by atoms with Crippen molar-refractivity contribution in [1.29, 1.82) is 0 Å². The molecule has 1 atom stereocenters. The number of hydrogen-bond acceptors (Lipinski definition) is 4. The van der Waals surface area contributed by atoms with Crippen molar-refractivity contribution in [1.82, 2.24) is 5.32 Å². The minimum Gasteiger partial charge on any atom is -0.493 e. The van der Waals surface area contributed by atoms with Crippen molar-refractivity contribution in [3.8, 4) is 11.5 Å². The smallest absolute Gasteiger partial charge is 0.222 e. The fraction of sp³-hybridized carbons (Fsp3) is 0.409. The van der Waals surface area contributed by atoms with Crippen molar-refractivity contribution in [2.45, 2.75) is 50.8 Å². The lowest BCUT2D eigenvalue weighted by Crippen LogP contribution is -2.27. The number of carbonyl (C=O) groups excluding carboxylic acids is 1. The Morgan fingerprint density at radius 1 is 1.14 bits per heavy atom. The molecule has 3 N–H and O–H groups in total. The van der Waals surface area contributed by atoms with Crippen LogP contribution in [0.15, 0.2) is 48.5 Å². The monoisotopic (exact) mass is 404 g/mol.